The summed E-state index contributed by atoms with van der Waals surface area (Å²) in [6.07, 6.45) is -0.785. The maximum absolute atomic E-state index is 12.5. The van der Waals surface area contributed by atoms with Gasteiger partial charge in [0.05, 0.1) is 0 Å². The molecule has 2 N–H and O–H groups in total. The van der Waals surface area contributed by atoms with E-state index >= 15 is 0 Å². The molecule has 0 heterocycles. The van der Waals surface area contributed by atoms with Crippen LogP contribution in [-0.2, 0) is 4.79 Å². The summed E-state index contributed by atoms with van der Waals surface area (Å²) >= 11 is 0. The van der Waals surface area contributed by atoms with Crippen LogP contribution in [0.15, 0.2) is 0 Å². The molecule has 120 valence electrons. The van der Waals surface area contributed by atoms with E-state index in [1.807, 2.05) is 0 Å². The van der Waals surface area contributed by atoms with Crippen LogP contribution in [0.25, 0.3) is 0 Å². The van der Waals surface area contributed by atoms with Gasteiger partial charge in [-0.2, -0.15) is 13.2 Å². The van der Waals surface area contributed by atoms with Gasteiger partial charge in [0, 0.05) is 12.5 Å². The molecule has 0 bridgehead atoms. The Balaban J connectivity index is 4.45. The van der Waals surface area contributed by atoms with Crippen LogP contribution in [0.5, 0.6) is 0 Å². The molecule has 0 spiro atoms. The molecule has 0 fully saturated rings. The standard InChI is InChI=1S/C14H27F3N2O/c1-4-5-12(8-9-18)6-7-13(20)19(11(2)3)10-14(15,16)17/h11-12H,4-10,18H2,1-3H3. The minimum Gasteiger partial charge on any atom is -0.331 e. The van der Waals surface area contributed by atoms with Crippen LogP contribution in [0.2, 0.25) is 0 Å². The second kappa shape index (κ2) is 9.21. The number of rotatable bonds is 9. The molecule has 0 saturated heterocycles. The smallest absolute Gasteiger partial charge is 0.331 e. The van der Waals surface area contributed by atoms with Gasteiger partial charge in [-0.05, 0) is 39.2 Å². The summed E-state index contributed by atoms with van der Waals surface area (Å²) in [6.45, 7) is 4.64. The normalized spacial score (nSPS) is 13.6. The van der Waals surface area contributed by atoms with Gasteiger partial charge in [0.1, 0.15) is 6.54 Å². The first-order valence-corrected chi connectivity index (χ1v) is 7.27. The lowest BCUT2D eigenvalue weighted by Crippen LogP contribution is -2.43. The van der Waals surface area contributed by atoms with Gasteiger partial charge in [0.25, 0.3) is 0 Å². The summed E-state index contributed by atoms with van der Waals surface area (Å²) in [6, 6.07) is -0.441. The molecule has 0 radical (unpaired) electrons. The van der Waals surface area contributed by atoms with Crippen molar-refractivity contribution in [2.75, 3.05) is 13.1 Å². The molecular formula is C14H27F3N2O. The molecule has 0 aromatic carbocycles. The highest BCUT2D eigenvalue weighted by Gasteiger charge is 2.34. The molecule has 0 aliphatic carbocycles. The van der Waals surface area contributed by atoms with Crippen molar-refractivity contribution in [3.05, 3.63) is 0 Å². The van der Waals surface area contributed by atoms with Crippen LogP contribution in [0.4, 0.5) is 13.2 Å². The maximum Gasteiger partial charge on any atom is 0.406 e. The summed E-state index contributed by atoms with van der Waals surface area (Å²) < 4.78 is 37.4. The Morgan fingerprint density at radius 2 is 1.80 bits per heavy atom. The minimum atomic E-state index is -4.35. The summed E-state index contributed by atoms with van der Waals surface area (Å²) in [5.74, 6) is -0.0932. The third-order valence-electron chi connectivity index (χ3n) is 3.33. The summed E-state index contributed by atoms with van der Waals surface area (Å²) in [7, 11) is 0. The predicted octanol–water partition coefficient (Wildman–Crippen LogP) is 3.33. The molecule has 1 unspecified atom stereocenters. The molecule has 20 heavy (non-hydrogen) atoms. The molecule has 0 aromatic heterocycles. The molecule has 0 saturated carbocycles. The summed E-state index contributed by atoms with van der Waals surface area (Å²) in [4.78, 5) is 12.9. The monoisotopic (exact) mass is 296 g/mol. The van der Waals surface area contributed by atoms with Crippen LogP contribution in [0.1, 0.15) is 52.9 Å². The lowest BCUT2D eigenvalue weighted by molar-refractivity contribution is -0.164. The van der Waals surface area contributed by atoms with Crippen molar-refractivity contribution in [3.63, 3.8) is 0 Å². The van der Waals surface area contributed by atoms with E-state index in [1.54, 1.807) is 13.8 Å². The number of halogens is 3. The van der Waals surface area contributed by atoms with Crippen molar-refractivity contribution >= 4 is 5.91 Å². The molecule has 0 aromatic rings. The zero-order chi connectivity index (χ0) is 15.8. The molecule has 1 atom stereocenters. The van der Waals surface area contributed by atoms with E-state index in [0.717, 1.165) is 24.2 Å². The quantitative estimate of drug-likeness (QED) is 0.709. The van der Waals surface area contributed by atoms with Crippen LogP contribution in [-0.4, -0.2) is 36.1 Å². The first-order chi connectivity index (χ1) is 9.21. The molecule has 3 nitrogen and oxygen atoms in total. The number of nitrogens with zero attached hydrogens (tertiary/aromatic N) is 1. The van der Waals surface area contributed by atoms with Gasteiger partial charge in [-0.1, -0.05) is 19.8 Å². The van der Waals surface area contributed by atoms with Gasteiger partial charge >= 0.3 is 6.18 Å². The summed E-state index contributed by atoms with van der Waals surface area (Å²) in [5.41, 5.74) is 5.51. The topological polar surface area (TPSA) is 46.3 Å². The zero-order valence-corrected chi connectivity index (χ0v) is 12.7. The number of hydrogen-bond acceptors (Lipinski definition) is 2. The van der Waals surface area contributed by atoms with E-state index in [0.29, 0.717) is 18.9 Å². The van der Waals surface area contributed by atoms with E-state index < -0.39 is 24.7 Å². The Morgan fingerprint density at radius 1 is 1.20 bits per heavy atom. The van der Waals surface area contributed by atoms with Crippen LogP contribution in [0.3, 0.4) is 0 Å². The Kier molecular flexibility index (Phi) is 8.85. The highest BCUT2D eigenvalue weighted by atomic mass is 19.4. The fourth-order valence-corrected chi connectivity index (χ4v) is 2.30. The Labute approximate surface area is 119 Å². The van der Waals surface area contributed by atoms with Gasteiger partial charge < -0.3 is 10.6 Å². The van der Waals surface area contributed by atoms with Crippen molar-refractivity contribution in [1.29, 1.82) is 0 Å². The van der Waals surface area contributed by atoms with Crippen molar-refractivity contribution in [1.82, 2.24) is 4.90 Å². The fourth-order valence-electron chi connectivity index (χ4n) is 2.30. The van der Waals surface area contributed by atoms with Gasteiger partial charge in [0.15, 0.2) is 0 Å². The number of nitrogens with two attached hydrogens (primary N) is 1. The lowest BCUT2D eigenvalue weighted by atomic mass is 9.94. The number of carbonyl (C=O) groups excluding carboxylic acids is 1. The van der Waals surface area contributed by atoms with Gasteiger partial charge in [-0.25, -0.2) is 0 Å². The average Bonchev–Trinajstić information content (AvgIpc) is 2.32. The molecule has 0 aliphatic rings. The van der Waals surface area contributed by atoms with Crippen LogP contribution < -0.4 is 5.73 Å². The van der Waals surface area contributed by atoms with Gasteiger partial charge in [-0.3, -0.25) is 4.79 Å². The summed E-state index contributed by atoms with van der Waals surface area (Å²) in [5, 5.41) is 0. The van der Waals surface area contributed by atoms with E-state index in [4.69, 9.17) is 5.73 Å². The van der Waals surface area contributed by atoms with Crippen molar-refractivity contribution in [2.45, 2.75) is 65.1 Å². The molecule has 1 amide bonds. The largest absolute Gasteiger partial charge is 0.406 e. The Bertz CT molecular complexity index is 274. The van der Waals surface area contributed by atoms with Crippen molar-refractivity contribution in [2.24, 2.45) is 11.7 Å². The maximum atomic E-state index is 12.5. The predicted molar refractivity (Wildman–Crippen MR) is 74.2 cm³/mol. The second-order valence-corrected chi connectivity index (χ2v) is 5.50. The van der Waals surface area contributed by atoms with E-state index in [1.165, 1.54) is 0 Å². The lowest BCUT2D eigenvalue weighted by Gasteiger charge is -2.28. The highest BCUT2D eigenvalue weighted by Crippen LogP contribution is 2.21. The highest BCUT2D eigenvalue weighted by molar-refractivity contribution is 5.76. The third-order valence-corrected chi connectivity index (χ3v) is 3.33. The minimum absolute atomic E-state index is 0.166. The first-order valence-electron chi connectivity index (χ1n) is 7.27. The molecule has 0 rings (SSSR count). The van der Waals surface area contributed by atoms with E-state index in [-0.39, 0.29) is 6.42 Å². The van der Waals surface area contributed by atoms with Crippen LogP contribution in [0, 0.1) is 5.92 Å². The van der Waals surface area contributed by atoms with E-state index in [2.05, 4.69) is 6.92 Å². The van der Waals surface area contributed by atoms with Gasteiger partial charge in [0.2, 0.25) is 5.91 Å². The molecule has 0 aliphatic heterocycles. The average molecular weight is 296 g/mol. The Morgan fingerprint density at radius 3 is 2.20 bits per heavy atom. The van der Waals surface area contributed by atoms with Crippen molar-refractivity contribution in [3.8, 4) is 0 Å². The van der Waals surface area contributed by atoms with Gasteiger partial charge in [-0.15, -0.1) is 0 Å². The fraction of sp³-hybridized carbons (Fsp3) is 0.929. The van der Waals surface area contributed by atoms with E-state index in [9.17, 15) is 18.0 Å². The number of alkyl halides is 3. The third kappa shape index (κ3) is 8.40. The first kappa shape index (κ1) is 19.2. The molecule has 6 heteroatoms. The number of amides is 1. The molecular weight excluding hydrogens is 269 g/mol. The van der Waals surface area contributed by atoms with Crippen molar-refractivity contribution < 1.29 is 18.0 Å². The SMILES string of the molecule is CCCC(CCN)CCC(=O)N(CC(F)(F)F)C(C)C. The Hall–Kier alpha value is -0.780. The van der Waals surface area contributed by atoms with Crippen LogP contribution >= 0.6 is 0 Å². The number of hydrogen-bond donors (Lipinski definition) is 1. The second-order valence-electron chi connectivity index (χ2n) is 5.50. The zero-order valence-electron chi connectivity index (χ0n) is 12.7. The number of carbonyl (C=O) groups is 1.